The third-order valence-electron chi connectivity index (χ3n) is 7.96. The number of aliphatic carboxylic acids is 1. The first-order chi connectivity index (χ1) is 20.5. The Morgan fingerprint density at radius 2 is 1.74 bits per heavy atom. The largest absolute Gasteiger partial charge is 0.487 e. The van der Waals surface area contributed by atoms with Crippen LogP contribution in [-0.2, 0) is 17.9 Å². The number of methoxy groups -OCH3 is 1. The molecule has 6 rings (SSSR count). The highest BCUT2D eigenvalue weighted by Gasteiger charge is 2.35. The Morgan fingerprint density at radius 3 is 2.45 bits per heavy atom. The van der Waals surface area contributed by atoms with E-state index in [2.05, 4.69) is 31.7 Å². The lowest BCUT2D eigenvalue weighted by Gasteiger charge is -2.28. The van der Waals surface area contributed by atoms with Crippen molar-refractivity contribution in [3.05, 3.63) is 95.8 Å². The number of fused-ring (bicyclic) bond motifs is 1. The molecule has 2 atom stereocenters. The molecule has 1 saturated carbocycles. The molecule has 2 aromatic carbocycles. The van der Waals surface area contributed by atoms with E-state index in [9.17, 15) is 9.90 Å². The number of hydrogen-bond donors (Lipinski definition) is 1. The normalized spacial score (nSPS) is 16.8. The van der Waals surface area contributed by atoms with E-state index in [0.29, 0.717) is 31.3 Å². The fourth-order valence-electron chi connectivity index (χ4n) is 5.69. The summed E-state index contributed by atoms with van der Waals surface area (Å²) in [6.07, 6.45) is 8.71. The fraction of sp³-hybridized carbons (Fsp3) is 0.303. The number of hydrogen-bond acceptors (Lipinski definition) is 7. The van der Waals surface area contributed by atoms with E-state index in [0.717, 1.165) is 64.1 Å². The molecule has 1 fully saturated rings. The molecule has 9 nitrogen and oxygen atoms in total. The fourth-order valence-corrected chi connectivity index (χ4v) is 5.69. The maximum atomic E-state index is 12.2. The van der Waals surface area contributed by atoms with Crippen molar-refractivity contribution in [3.8, 4) is 22.9 Å². The monoisotopic (exact) mass is 563 g/mol. The van der Waals surface area contributed by atoms with Crippen LogP contribution >= 0.6 is 0 Å². The Labute approximate surface area is 244 Å². The van der Waals surface area contributed by atoms with Crippen molar-refractivity contribution >= 4 is 17.0 Å². The number of aromatic nitrogens is 5. The van der Waals surface area contributed by atoms with Crippen LogP contribution in [0.25, 0.3) is 22.2 Å². The minimum Gasteiger partial charge on any atom is -0.487 e. The van der Waals surface area contributed by atoms with Crippen LogP contribution in [0.2, 0.25) is 0 Å². The lowest BCUT2D eigenvalue weighted by Crippen LogP contribution is -2.27. The van der Waals surface area contributed by atoms with Gasteiger partial charge in [0.15, 0.2) is 0 Å². The molecule has 0 bridgehead atoms. The molecule has 0 amide bonds. The summed E-state index contributed by atoms with van der Waals surface area (Å²) in [4.78, 5) is 30.1. The molecule has 42 heavy (non-hydrogen) atoms. The van der Waals surface area contributed by atoms with Crippen LogP contribution in [0.5, 0.6) is 11.8 Å². The van der Waals surface area contributed by atoms with Gasteiger partial charge in [-0.05, 0) is 54.7 Å². The lowest BCUT2D eigenvalue weighted by atomic mass is 9.78. The van der Waals surface area contributed by atoms with Gasteiger partial charge in [0.2, 0.25) is 0 Å². The van der Waals surface area contributed by atoms with Gasteiger partial charge in [0.05, 0.1) is 29.8 Å². The third-order valence-corrected chi connectivity index (χ3v) is 7.96. The van der Waals surface area contributed by atoms with Gasteiger partial charge in [0.25, 0.3) is 0 Å². The van der Waals surface area contributed by atoms with Gasteiger partial charge in [-0.15, -0.1) is 0 Å². The summed E-state index contributed by atoms with van der Waals surface area (Å²) in [5.41, 5.74) is 6.66. The predicted octanol–water partition coefficient (Wildman–Crippen LogP) is 6.19. The van der Waals surface area contributed by atoms with Gasteiger partial charge in [0.1, 0.15) is 18.2 Å². The van der Waals surface area contributed by atoms with E-state index in [4.69, 9.17) is 14.5 Å². The minimum atomic E-state index is -0.751. The molecule has 9 heteroatoms. The van der Waals surface area contributed by atoms with E-state index in [-0.39, 0.29) is 5.92 Å². The highest BCUT2D eigenvalue weighted by atomic mass is 16.5. The predicted molar refractivity (Wildman–Crippen MR) is 158 cm³/mol. The zero-order valence-corrected chi connectivity index (χ0v) is 23.7. The van der Waals surface area contributed by atoms with Gasteiger partial charge < -0.3 is 19.1 Å². The Bertz CT molecular complexity index is 1680. The van der Waals surface area contributed by atoms with Crippen LogP contribution in [0, 0.1) is 12.8 Å². The van der Waals surface area contributed by atoms with Gasteiger partial charge in [-0.2, -0.15) is 0 Å². The summed E-state index contributed by atoms with van der Waals surface area (Å²) in [5.74, 6) is 0.183. The summed E-state index contributed by atoms with van der Waals surface area (Å²) in [6.45, 7) is 2.91. The van der Waals surface area contributed by atoms with Crippen molar-refractivity contribution in [2.75, 3.05) is 7.11 Å². The van der Waals surface area contributed by atoms with Crippen LogP contribution in [0.4, 0.5) is 0 Å². The molecule has 1 N–H and O–H groups in total. The number of ether oxygens (including phenoxy) is 2. The molecule has 0 aliphatic heterocycles. The van der Waals surface area contributed by atoms with Crippen molar-refractivity contribution in [3.63, 3.8) is 0 Å². The first kappa shape index (κ1) is 27.4. The molecule has 0 saturated heterocycles. The molecular formula is C33H33N5O4. The first-order valence-corrected chi connectivity index (χ1v) is 14.2. The summed E-state index contributed by atoms with van der Waals surface area (Å²) >= 11 is 0. The van der Waals surface area contributed by atoms with Gasteiger partial charge in [-0.3, -0.25) is 9.78 Å². The molecule has 0 unspecified atom stereocenters. The highest BCUT2D eigenvalue weighted by molar-refractivity contribution is 5.79. The van der Waals surface area contributed by atoms with E-state index in [1.54, 1.807) is 19.5 Å². The van der Waals surface area contributed by atoms with Crippen LogP contribution in [-0.4, -0.2) is 42.7 Å². The summed E-state index contributed by atoms with van der Waals surface area (Å²) in [7, 11) is 1.54. The number of carbonyl (C=O) groups is 1. The van der Waals surface area contributed by atoms with E-state index < -0.39 is 11.9 Å². The summed E-state index contributed by atoms with van der Waals surface area (Å²) < 4.78 is 13.4. The van der Waals surface area contributed by atoms with E-state index >= 15 is 0 Å². The average Bonchev–Trinajstić information content (AvgIpc) is 3.38. The molecule has 214 valence electrons. The molecule has 1 aliphatic carbocycles. The summed E-state index contributed by atoms with van der Waals surface area (Å²) in [6, 6.07) is 18.4. The van der Waals surface area contributed by atoms with Crippen molar-refractivity contribution in [2.24, 2.45) is 5.92 Å². The molecule has 1 aliphatic rings. The zero-order chi connectivity index (χ0) is 29.1. The van der Waals surface area contributed by atoms with Crippen molar-refractivity contribution < 1.29 is 19.4 Å². The highest BCUT2D eigenvalue weighted by Crippen LogP contribution is 2.39. The Balaban J connectivity index is 1.34. The zero-order valence-electron chi connectivity index (χ0n) is 23.7. The second kappa shape index (κ2) is 12.0. The van der Waals surface area contributed by atoms with E-state index in [1.807, 2.05) is 55.6 Å². The Hall–Kier alpha value is -4.79. The van der Waals surface area contributed by atoms with Gasteiger partial charge in [-0.1, -0.05) is 43.2 Å². The van der Waals surface area contributed by atoms with Gasteiger partial charge >= 0.3 is 12.0 Å². The summed E-state index contributed by atoms with van der Waals surface area (Å²) in [5, 5.41) is 10.1. The minimum absolute atomic E-state index is 0.152. The quantitative estimate of drug-likeness (QED) is 0.226. The SMILES string of the molecule is COc1ncc(-c2ccc(Cn3c([C@H]4CCCC[C@H]4C(=O)O)nc4ccc(OCc5ccc(C)cn5)cc43)cc2)cn1. The van der Waals surface area contributed by atoms with Crippen molar-refractivity contribution in [2.45, 2.75) is 51.7 Å². The van der Waals surface area contributed by atoms with Gasteiger partial charge in [0, 0.05) is 42.7 Å². The van der Waals surface area contributed by atoms with E-state index in [1.165, 1.54) is 0 Å². The Kier molecular flexibility index (Phi) is 7.81. The number of rotatable bonds is 9. The van der Waals surface area contributed by atoms with Crippen molar-refractivity contribution in [1.82, 2.24) is 24.5 Å². The Morgan fingerprint density at radius 1 is 0.952 bits per heavy atom. The molecular weight excluding hydrogens is 530 g/mol. The number of aryl methyl sites for hydroxylation is 1. The lowest BCUT2D eigenvalue weighted by molar-refractivity contribution is -0.143. The molecule has 3 aromatic heterocycles. The maximum absolute atomic E-state index is 12.2. The van der Waals surface area contributed by atoms with Crippen LogP contribution in [0.3, 0.4) is 0 Å². The molecule has 0 radical (unpaired) electrons. The number of carboxylic acid groups (broad SMARTS) is 1. The average molecular weight is 564 g/mol. The second-order valence-electron chi connectivity index (χ2n) is 10.8. The standard InChI is InChI=1S/C33H33N5O4/c1-21-7-12-25(34-16-21)20-42-26-13-14-29-30(15-26)38(31(37-29)27-5-3-4-6-28(27)32(39)40)19-22-8-10-23(11-9-22)24-17-35-33(41-2)36-18-24/h7-18,27-28H,3-6,19-20H2,1-2H3,(H,39,40)/t27-,28+/m0/s1. The smallest absolute Gasteiger partial charge is 0.316 e. The van der Waals surface area contributed by atoms with Crippen LogP contribution in [0.1, 0.15) is 54.2 Å². The maximum Gasteiger partial charge on any atom is 0.316 e. The van der Waals surface area contributed by atoms with Crippen LogP contribution in [0.15, 0.2) is 73.2 Å². The van der Waals surface area contributed by atoms with Crippen LogP contribution < -0.4 is 9.47 Å². The van der Waals surface area contributed by atoms with Gasteiger partial charge in [-0.25, -0.2) is 15.0 Å². The molecule has 5 aromatic rings. The number of carboxylic acids is 1. The number of nitrogens with zero attached hydrogens (tertiary/aromatic N) is 5. The molecule has 0 spiro atoms. The number of pyridine rings is 1. The molecule has 3 heterocycles. The second-order valence-corrected chi connectivity index (χ2v) is 10.8. The third kappa shape index (κ3) is 5.81. The first-order valence-electron chi connectivity index (χ1n) is 14.2. The number of imidazole rings is 1. The number of benzene rings is 2. The topological polar surface area (TPSA) is 112 Å². The van der Waals surface area contributed by atoms with Crippen molar-refractivity contribution in [1.29, 1.82) is 0 Å².